The molecule has 1 saturated heterocycles. The summed E-state index contributed by atoms with van der Waals surface area (Å²) >= 11 is 1.49. The molecule has 0 radical (unpaired) electrons. The highest BCUT2D eigenvalue weighted by Crippen LogP contribution is 2.33. The molecule has 2 fully saturated rings. The molecule has 4 rings (SSSR count). The first kappa shape index (κ1) is 16.9. The van der Waals surface area contributed by atoms with E-state index in [0.29, 0.717) is 11.6 Å². The Morgan fingerprint density at radius 1 is 1.16 bits per heavy atom. The molecule has 1 aliphatic heterocycles. The summed E-state index contributed by atoms with van der Waals surface area (Å²) in [5, 5.41) is 1.88. The molecule has 25 heavy (non-hydrogen) atoms. The molecular weight excluding hydrogens is 356 g/mol. The van der Waals surface area contributed by atoms with Crippen molar-refractivity contribution in [1.29, 1.82) is 0 Å². The molecule has 0 bridgehead atoms. The summed E-state index contributed by atoms with van der Waals surface area (Å²) in [6.45, 7) is 0. The lowest BCUT2D eigenvalue weighted by Gasteiger charge is -2.27. The van der Waals surface area contributed by atoms with Crippen LogP contribution < -0.4 is 0 Å². The van der Waals surface area contributed by atoms with Gasteiger partial charge in [-0.05, 0) is 35.7 Å². The number of carbonyl (C=O) groups excluding carboxylic acids is 1. The van der Waals surface area contributed by atoms with Crippen LogP contribution in [0, 0.1) is 0 Å². The van der Waals surface area contributed by atoms with Crippen molar-refractivity contribution in [2.75, 3.05) is 18.7 Å². The molecule has 1 amide bonds. The summed E-state index contributed by atoms with van der Waals surface area (Å²) in [5.41, 5.74) is 0. The van der Waals surface area contributed by atoms with Crippen LogP contribution in [0.15, 0.2) is 47.4 Å². The van der Waals surface area contributed by atoms with E-state index in [1.165, 1.54) is 16.1 Å². The van der Waals surface area contributed by atoms with Gasteiger partial charge in [-0.3, -0.25) is 4.79 Å². The lowest BCUT2D eigenvalue weighted by Crippen LogP contribution is -2.48. The summed E-state index contributed by atoms with van der Waals surface area (Å²) in [5.74, 6) is 0.754. The zero-order valence-electron chi connectivity index (χ0n) is 14.0. The van der Waals surface area contributed by atoms with Gasteiger partial charge < -0.3 is 4.90 Å². The smallest absolute Gasteiger partial charge is 0.244 e. The molecule has 2 aromatic rings. The second-order valence-electron chi connectivity index (χ2n) is 6.60. The van der Waals surface area contributed by atoms with Gasteiger partial charge in [-0.2, -0.15) is 4.31 Å². The average Bonchev–Trinajstić information content (AvgIpc) is 3.35. The van der Waals surface area contributed by atoms with E-state index in [1.807, 2.05) is 30.3 Å². The predicted molar refractivity (Wildman–Crippen MR) is 99.9 cm³/mol. The lowest BCUT2D eigenvalue weighted by atomic mass is 10.1. The predicted octanol–water partition coefficient (Wildman–Crippen LogP) is 2.52. The summed E-state index contributed by atoms with van der Waals surface area (Å²) in [7, 11) is -1.92. The van der Waals surface area contributed by atoms with E-state index in [0.717, 1.165) is 23.6 Å². The zero-order chi connectivity index (χ0) is 17.6. The molecule has 1 atom stereocenters. The second kappa shape index (κ2) is 6.30. The number of hydrogen-bond acceptors (Lipinski definition) is 4. The van der Waals surface area contributed by atoms with Crippen LogP contribution in [-0.4, -0.2) is 54.3 Å². The van der Waals surface area contributed by atoms with Crippen molar-refractivity contribution in [3.05, 3.63) is 42.5 Å². The lowest BCUT2D eigenvalue weighted by molar-refractivity contribution is -0.133. The third-order valence-electron chi connectivity index (χ3n) is 4.90. The minimum absolute atomic E-state index is 0.0862. The molecule has 5 nitrogen and oxygen atoms in total. The van der Waals surface area contributed by atoms with Crippen molar-refractivity contribution in [3.8, 4) is 0 Å². The fourth-order valence-electron chi connectivity index (χ4n) is 3.20. The van der Waals surface area contributed by atoms with Gasteiger partial charge in [0.1, 0.15) is 6.04 Å². The number of fused-ring (bicyclic) bond motifs is 1. The van der Waals surface area contributed by atoms with Gasteiger partial charge in [-0.25, -0.2) is 8.42 Å². The van der Waals surface area contributed by atoms with Gasteiger partial charge in [0.05, 0.1) is 10.8 Å². The Kier molecular flexibility index (Phi) is 4.25. The van der Waals surface area contributed by atoms with Crippen LogP contribution in [0.3, 0.4) is 0 Å². The minimum Gasteiger partial charge on any atom is -0.341 e. The van der Waals surface area contributed by atoms with Crippen LogP contribution in [0.1, 0.15) is 12.8 Å². The monoisotopic (exact) mass is 376 g/mol. The van der Waals surface area contributed by atoms with Crippen molar-refractivity contribution < 1.29 is 13.2 Å². The minimum atomic E-state index is -3.70. The highest BCUT2D eigenvalue weighted by Gasteiger charge is 2.43. The molecule has 2 aliphatic rings. The third kappa shape index (κ3) is 3.05. The second-order valence-corrected chi connectivity index (χ2v) is 9.49. The first-order chi connectivity index (χ1) is 12.0. The molecule has 1 saturated carbocycles. The van der Waals surface area contributed by atoms with E-state index >= 15 is 0 Å². The third-order valence-corrected chi connectivity index (χ3v) is 7.92. The number of nitrogens with zero attached hydrogens (tertiary/aromatic N) is 2. The van der Waals surface area contributed by atoms with E-state index in [4.69, 9.17) is 0 Å². The molecule has 0 spiro atoms. The largest absolute Gasteiger partial charge is 0.341 e. The van der Waals surface area contributed by atoms with Crippen molar-refractivity contribution in [2.24, 2.45) is 0 Å². The van der Waals surface area contributed by atoms with Crippen LogP contribution in [0.25, 0.3) is 10.8 Å². The average molecular weight is 377 g/mol. The highest BCUT2D eigenvalue weighted by atomic mass is 32.2. The number of sulfonamides is 1. The van der Waals surface area contributed by atoms with Gasteiger partial charge in [0.15, 0.2) is 0 Å². The number of amides is 1. The molecule has 2 aromatic carbocycles. The number of thioether (sulfide) groups is 1. The number of benzene rings is 2. The maximum Gasteiger partial charge on any atom is 0.244 e. The van der Waals surface area contributed by atoms with E-state index in [1.54, 1.807) is 24.1 Å². The topological polar surface area (TPSA) is 57.7 Å². The van der Waals surface area contributed by atoms with Gasteiger partial charge in [0.25, 0.3) is 0 Å². The molecule has 132 valence electrons. The van der Waals surface area contributed by atoms with Crippen LogP contribution >= 0.6 is 11.8 Å². The van der Waals surface area contributed by atoms with E-state index in [2.05, 4.69) is 0 Å². The van der Waals surface area contributed by atoms with Gasteiger partial charge >= 0.3 is 0 Å². The summed E-state index contributed by atoms with van der Waals surface area (Å²) in [6, 6.07) is 12.5. The standard InChI is InChI=1S/C18H20N2O3S2/c1-19(15-7-8-15)18(21)17-11-24-12-20(17)25(22,23)16-9-6-13-4-2-3-5-14(13)10-16/h2-6,9-10,15,17H,7-8,11-12H2,1H3/t17-/m0/s1. The number of carbonyl (C=O) groups is 1. The van der Waals surface area contributed by atoms with E-state index in [9.17, 15) is 13.2 Å². The van der Waals surface area contributed by atoms with Crippen LogP contribution in [0.2, 0.25) is 0 Å². The van der Waals surface area contributed by atoms with E-state index in [-0.39, 0.29) is 16.8 Å². The molecule has 0 N–H and O–H groups in total. The van der Waals surface area contributed by atoms with Gasteiger partial charge in [-0.15, -0.1) is 11.8 Å². The maximum atomic E-state index is 13.1. The van der Waals surface area contributed by atoms with Gasteiger partial charge in [0, 0.05) is 18.8 Å². The van der Waals surface area contributed by atoms with Gasteiger partial charge in [-0.1, -0.05) is 30.3 Å². The number of rotatable bonds is 4. The molecule has 0 unspecified atom stereocenters. The summed E-state index contributed by atoms with van der Waals surface area (Å²) in [6.07, 6.45) is 2.03. The van der Waals surface area contributed by atoms with Crippen molar-refractivity contribution in [3.63, 3.8) is 0 Å². The highest BCUT2D eigenvalue weighted by molar-refractivity contribution is 8.00. The summed E-state index contributed by atoms with van der Waals surface area (Å²) < 4.78 is 27.6. The number of likely N-dealkylation sites (N-methyl/N-ethyl adjacent to an activating group) is 1. The Bertz CT molecular complexity index is 925. The Morgan fingerprint density at radius 2 is 1.88 bits per heavy atom. The van der Waals surface area contributed by atoms with Crippen LogP contribution in [0.4, 0.5) is 0 Å². The molecule has 0 aromatic heterocycles. The van der Waals surface area contributed by atoms with Crippen molar-refractivity contribution in [2.45, 2.75) is 29.8 Å². The van der Waals surface area contributed by atoms with Crippen molar-refractivity contribution >= 4 is 38.5 Å². The molecule has 7 heteroatoms. The molecule has 1 aliphatic carbocycles. The zero-order valence-corrected chi connectivity index (χ0v) is 15.6. The maximum absolute atomic E-state index is 13.1. The van der Waals surface area contributed by atoms with Crippen LogP contribution in [0.5, 0.6) is 0 Å². The van der Waals surface area contributed by atoms with Crippen molar-refractivity contribution in [1.82, 2.24) is 9.21 Å². The Hall–Kier alpha value is -1.57. The molecule has 1 heterocycles. The van der Waals surface area contributed by atoms with E-state index < -0.39 is 16.1 Å². The fourth-order valence-corrected chi connectivity index (χ4v) is 6.37. The summed E-state index contributed by atoms with van der Waals surface area (Å²) in [4.78, 5) is 14.7. The Morgan fingerprint density at radius 3 is 2.60 bits per heavy atom. The first-order valence-corrected chi connectivity index (χ1v) is 10.9. The Balaban J connectivity index is 1.66. The van der Waals surface area contributed by atoms with Crippen LogP contribution in [-0.2, 0) is 14.8 Å². The SMILES string of the molecule is CN(C(=O)[C@@H]1CSCN1S(=O)(=O)c1ccc2ccccc2c1)C1CC1. The Labute approximate surface area is 152 Å². The number of hydrogen-bond donors (Lipinski definition) is 0. The fraction of sp³-hybridized carbons (Fsp3) is 0.389. The quantitative estimate of drug-likeness (QED) is 0.823. The molecular formula is C18H20N2O3S2. The van der Waals surface area contributed by atoms with Gasteiger partial charge in [0.2, 0.25) is 15.9 Å². The first-order valence-electron chi connectivity index (χ1n) is 8.33. The normalized spacial score (nSPS) is 21.6.